The largest absolute Gasteiger partial charge is 0.350 e. The fourth-order valence-electron chi connectivity index (χ4n) is 2.98. The lowest BCUT2D eigenvalue weighted by Crippen LogP contribution is -2.55. The Morgan fingerprint density at radius 2 is 2.08 bits per heavy atom. The number of hydrogen-bond acceptors (Lipinski definition) is 4. The Morgan fingerprint density at radius 3 is 2.76 bits per heavy atom. The van der Waals surface area contributed by atoms with Gasteiger partial charge in [0.25, 0.3) is 0 Å². The van der Waals surface area contributed by atoms with E-state index in [0.717, 1.165) is 25.8 Å². The minimum atomic E-state index is -0.291. The summed E-state index contributed by atoms with van der Waals surface area (Å²) in [7, 11) is 0. The molecule has 1 heterocycles. The number of hydrogen-bond donors (Lipinski definition) is 2. The highest BCUT2D eigenvalue weighted by molar-refractivity contribution is 5.93. The molecule has 0 aliphatic carbocycles. The van der Waals surface area contributed by atoms with Crippen LogP contribution in [0.3, 0.4) is 0 Å². The number of nitrogens with zero attached hydrogens (tertiary/aromatic N) is 2. The molecule has 0 spiro atoms. The van der Waals surface area contributed by atoms with Crippen molar-refractivity contribution in [1.29, 1.82) is 5.26 Å². The van der Waals surface area contributed by atoms with E-state index in [0.29, 0.717) is 11.3 Å². The van der Waals surface area contributed by atoms with Gasteiger partial charge in [-0.3, -0.25) is 14.5 Å². The van der Waals surface area contributed by atoms with Crippen LogP contribution in [0.25, 0.3) is 0 Å². The van der Waals surface area contributed by atoms with Gasteiger partial charge in [-0.2, -0.15) is 5.26 Å². The number of amides is 2. The van der Waals surface area contributed by atoms with Crippen molar-refractivity contribution in [2.75, 3.05) is 18.4 Å². The number of anilines is 1. The van der Waals surface area contributed by atoms with E-state index in [-0.39, 0.29) is 29.9 Å². The summed E-state index contributed by atoms with van der Waals surface area (Å²) in [6.07, 6.45) is 2.74. The number of carbonyl (C=O) groups is 2. The SMILES string of the molecule is CC(C)(C)NC(=O)C1CCCCN1CC(=O)Nc1cccc(C#N)c1. The Bertz CT molecular complexity index is 673. The molecule has 6 nitrogen and oxygen atoms in total. The molecule has 1 aliphatic rings. The molecule has 0 saturated carbocycles. The zero-order valence-electron chi connectivity index (χ0n) is 15.1. The van der Waals surface area contributed by atoms with E-state index < -0.39 is 0 Å². The Kier molecular flexibility index (Phi) is 6.16. The molecule has 1 aliphatic heterocycles. The average Bonchev–Trinajstić information content (AvgIpc) is 2.53. The van der Waals surface area contributed by atoms with Gasteiger partial charge >= 0.3 is 0 Å². The summed E-state index contributed by atoms with van der Waals surface area (Å²) >= 11 is 0. The third kappa shape index (κ3) is 5.87. The predicted octanol–water partition coefficient (Wildman–Crippen LogP) is 2.27. The van der Waals surface area contributed by atoms with Crippen LogP contribution in [0.4, 0.5) is 5.69 Å². The average molecular weight is 342 g/mol. The zero-order valence-corrected chi connectivity index (χ0v) is 15.1. The maximum atomic E-state index is 12.5. The summed E-state index contributed by atoms with van der Waals surface area (Å²) < 4.78 is 0. The van der Waals surface area contributed by atoms with Crippen LogP contribution in [-0.2, 0) is 9.59 Å². The lowest BCUT2D eigenvalue weighted by atomic mass is 9.99. The molecule has 134 valence electrons. The summed E-state index contributed by atoms with van der Waals surface area (Å²) in [5.74, 6) is -0.197. The monoisotopic (exact) mass is 342 g/mol. The zero-order chi connectivity index (χ0) is 18.4. The second-order valence-corrected chi connectivity index (χ2v) is 7.46. The molecular weight excluding hydrogens is 316 g/mol. The molecule has 1 atom stereocenters. The number of rotatable bonds is 4. The predicted molar refractivity (Wildman–Crippen MR) is 96.9 cm³/mol. The molecule has 0 bridgehead atoms. The van der Waals surface area contributed by atoms with Crippen LogP contribution in [-0.4, -0.2) is 41.4 Å². The Balaban J connectivity index is 1.99. The minimum Gasteiger partial charge on any atom is -0.350 e. The Morgan fingerprint density at radius 1 is 1.32 bits per heavy atom. The Labute approximate surface area is 149 Å². The van der Waals surface area contributed by atoms with E-state index in [1.807, 2.05) is 25.7 Å². The standard InChI is InChI=1S/C19H26N4O2/c1-19(2,3)22-18(25)16-9-4-5-10-23(16)13-17(24)21-15-8-6-7-14(11-15)12-20/h6-8,11,16H,4-5,9-10,13H2,1-3H3,(H,21,24)(H,22,25). The topological polar surface area (TPSA) is 85.2 Å². The van der Waals surface area contributed by atoms with E-state index in [4.69, 9.17) is 5.26 Å². The van der Waals surface area contributed by atoms with Crippen molar-refractivity contribution in [3.8, 4) is 6.07 Å². The number of nitriles is 1. The third-order valence-corrected chi connectivity index (χ3v) is 4.04. The van der Waals surface area contributed by atoms with Crippen molar-refractivity contribution in [1.82, 2.24) is 10.2 Å². The van der Waals surface area contributed by atoms with Crippen molar-refractivity contribution in [3.05, 3.63) is 29.8 Å². The van der Waals surface area contributed by atoms with E-state index >= 15 is 0 Å². The van der Waals surface area contributed by atoms with Gasteiger partial charge in [-0.1, -0.05) is 12.5 Å². The smallest absolute Gasteiger partial charge is 0.238 e. The van der Waals surface area contributed by atoms with Crippen LogP contribution < -0.4 is 10.6 Å². The second-order valence-electron chi connectivity index (χ2n) is 7.46. The lowest BCUT2D eigenvalue weighted by Gasteiger charge is -2.35. The fraction of sp³-hybridized carbons (Fsp3) is 0.526. The van der Waals surface area contributed by atoms with E-state index in [1.165, 1.54) is 0 Å². The van der Waals surface area contributed by atoms with Gasteiger partial charge in [0.15, 0.2) is 0 Å². The summed E-state index contributed by atoms with van der Waals surface area (Å²) in [6.45, 7) is 6.75. The van der Waals surface area contributed by atoms with Crippen molar-refractivity contribution < 1.29 is 9.59 Å². The molecule has 2 rings (SSSR count). The molecule has 1 fully saturated rings. The fourth-order valence-corrected chi connectivity index (χ4v) is 2.98. The van der Waals surface area contributed by atoms with E-state index in [2.05, 4.69) is 16.7 Å². The summed E-state index contributed by atoms with van der Waals surface area (Å²) in [6, 6.07) is 8.58. The van der Waals surface area contributed by atoms with E-state index in [9.17, 15) is 9.59 Å². The quantitative estimate of drug-likeness (QED) is 0.879. The van der Waals surface area contributed by atoms with Gasteiger partial charge in [0, 0.05) is 11.2 Å². The van der Waals surface area contributed by atoms with Gasteiger partial charge in [-0.25, -0.2) is 0 Å². The van der Waals surface area contributed by atoms with Crippen molar-refractivity contribution in [2.45, 2.75) is 51.6 Å². The summed E-state index contributed by atoms with van der Waals surface area (Å²) in [5.41, 5.74) is 0.801. The first-order valence-corrected chi connectivity index (χ1v) is 8.64. The maximum absolute atomic E-state index is 12.5. The highest BCUT2D eigenvalue weighted by Crippen LogP contribution is 2.18. The van der Waals surface area contributed by atoms with Crippen LogP contribution >= 0.6 is 0 Å². The van der Waals surface area contributed by atoms with Gasteiger partial charge in [0.1, 0.15) is 0 Å². The van der Waals surface area contributed by atoms with Gasteiger partial charge in [-0.05, 0) is 58.4 Å². The van der Waals surface area contributed by atoms with Crippen LogP contribution in [0, 0.1) is 11.3 Å². The molecule has 0 aromatic heterocycles. The number of carbonyl (C=O) groups excluding carboxylic acids is 2. The molecule has 1 unspecified atom stereocenters. The van der Waals surface area contributed by atoms with Crippen molar-refractivity contribution in [3.63, 3.8) is 0 Å². The second kappa shape index (κ2) is 8.13. The first-order valence-electron chi connectivity index (χ1n) is 8.64. The van der Waals surface area contributed by atoms with Crippen LogP contribution in [0.1, 0.15) is 45.6 Å². The molecule has 1 saturated heterocycles. The number of benzene rings is 1. The number of likely N-dealkylation sites (tertiary alicyclic amines) is 1. The van der Waals surface area contributed by atoms with Gasteiger partial charge in [0.05, 0.1) is 24.2 Å². The third-order valence-electron chi connectivity index (χ3n) is 4.04. The molecular formula is C19H26N4O2. The van der Waals surface area contributed by atoms with Crippen molar-refractivity contribution in [2.24, 2.45) is 0 Å². The highest BCUT2D eigenvalue weighted by atomic mass is 16.2. The molecule has 6 heteroatoms. The van der Waals surface area contributed by atoms with E-state index in [1.54, 1.807) is 24.3 Å². The summed E-state index contributed by atoms with van der Waals surface area (Å²) in [4.78, 5) is 26.8. The number of nitrogens with one attached hydrogen (secondary N) is 2. The van der Waals surface area contributed by atoms with Crippen LogP contribution in [0.5, 0.6) is 0 Å². The minimum absolute atomic E-state index is 0.0218. The van der Waals surface area contributed by atoms with Gasteiger partial charge < -0.3 is 10.6 Å². The number of piperidine rings is 1. The lowest BCUT2D eigenvalue weighted by molar-refractivity contribution is -0.130. The first kappa shape index (κ1) is 18.9. The molecule has 1 aromatic rings. The normalized spacial score (nSPS) is 18.2. The van der Waals surface area contributed by atoms with Crippen LogP contribution in [0.15, 0.2) is 24.3 Å². The molecule has 2 amide bonds. The molecule has 25 heavy (non-hydrogen) atoms. The summed E-state index contributed by atoms with van der Waals surface area (Å²) in [5, 5.41) is 14.7. The maximum Gasteiger partial charge on any atom is 0.238 e. The molecule has 0 radical (unpaired) electrons. The van der Waals surface area contributed by atoms with Gasteiger partial charge in [-0.15, -0.1) is 0 Å². The molecule has 1 aromatic carbocycles. The van der Waals surface area contributed by atoms with Crippen molar-refractivity contribution >= 4 is 17.5 Å². The van der Waals surface area contributed by atoms with Crippen LogP contribution in [0.2, 0.25) is 0 Å². The highest BCUT2D eigenvalue weighted by Gasteiger charge is 2.31. The molecule has 2 N–H and O–H groups in total. The first-order chi connectivity index (χ1) is 11.8. The Hall–Kier alpha value is -2.39. The van der Waals surface area contributed by atoms with Gasteiger partial charge in [0.2, 0.25) is 11.8 Å².